The van der Waals surface area contributed by atoms with E-state index >= 15 is 0 Å². The van der Waals surface area contributed by atoms with Crippen molar-refractivity contribution < 1.29 is 4.74 Å². The van der Waals surface area contributed by atoms with E-state index in [4.69, 9.17) is 10.5 Å². The van der Waals surface area contributed by atoms with E-state index in [9.17, 15) is 0 Å². The van der Waals surface area contributed by atoms with Crippen LogP contribution >= 0.6 is 0 Å². The minimum absolute atomic E-state index is 0.582. The molecule has 0 bridgehead atoms. The SMILES string of the molecule is COc1cccc(N2CCN=C2N)c1. The minimum Gasteiger partial charge on any atom is -0.497 e. The zero-order valence-electron chi connectivity index (χ0n) is 8.10. The molecule has 0 atom stereocenters. The lowest BCUT2D eigenvalue weighted by Gasteiger charge is -2.17. The van der Waals surface area contributed by atoms with E-state index in [1.807, 2.05) is 29.2 Å². The standard InChI is InChI=1S/C10H13N3O/c1-14-9-4-2-3-8(7-9)13-6-5-12-10(13)11/h2-4,7H,5-6H2,1H3,(H2,11,12). The molecule has 0 aliphatic carbocycles. The molecule has 2 N–H and O–H groups in total. The first-order chi connectivity index (χ1) is 6.81. The van der Waals surface area contributed by atoms with E-state index in [0.717, 1.165) is 24.5 Å². The van der Waals surface area contributed by atoms with Gasteiger partial charge in [0, 0.05) is 18.3 Å². The van der Waals surface area contributed by atoms with Gasteiger partial charge in [-0.05, 0) is 12.1 Å². The van der Waals surface area contributed by atoms with Crippen molar-refractivity contribution in [2.24, 2.45) is 10.7 Å². The van der Waals surface area contributed by atoms with Crippen LogP contribution in [0.15, 0.2) is 29.3 Å². The molecule has 0 unspecified atom stereocenters. The normalized spacial score (nSPS) is 15.5. The summed E-state index contributed by atoms with van der Waals surface area (Å²) in [5.41, 5.74) is 6.77. The van der Waals surface area contributed by atoms with Crippen LogP contribution in [-0.4, -0.2) is 26.2 Å². The Labute approximate surface area is 83.0 Å². The number of guanidine groups is 1. The summed E-state index contributed by atoms with van der Waals surface area (Å²) in [6.45, 7) is 1.61. The highest BCUT2D eigenvalue weighted by Crippen LogP contribution is 2.21. The lowest BCUT2D eigenvalue weighted by Crippen LogP contribution is -2.33. The molecular weight excluding hydrogens is 178 g/mol. The van der Waals surface area contributed by atoms with Crippen molar-refractivity contribution in [3.05, 3.63) is 24.3 Å². The Balaban J connectivity index is 2.27. The van der Waals surface area contributed by atoms with Crippen molar-refractivity contribution >= 4 is 11.6 Å². The lowest BCUT2D eigenvalue weighted by atomic mass is 10.3. The summed E-state index contributed by atoms with van der Waals surface area (Å²) in [6.07, 6.45) is 0. The van der Waals surface area contributed by atoms with Crippen LogP contribution in [-0.2, 0) is 0 Å². The van der Waals surface area contributed by atoms with E-state index in [1.165, 1.54) is 0 Å². The maximum absolute atomic E-state index is 5.74. The van der Waals surface area contributed by atoms with Crippen molar-refractivity contribution in [3.63, 3.8) is 0 Å². The zero-order valence-corrected chi connectivity index (χ0v) is 8.10. The maximum Gasteiger partial charge on any atom is 0.195 e. The average Bonchev–Trinajstić information content (AvgIpc) is 2.65. The van der Waals surface area contributed by atoms with Crippen LogP contribution in [0.25, 0.3) is 0 Å². The third-order valence-electron chi connectivity index (χ3n) is 2.24. The smallest absolute Gasteiger partial charge is 0.195 e. The van der Waals surface area contributed by atoms with Crippen LogP contribution in [0.4, 0.5) is 5.69 Å². The summed E-state index contributed by atoms with van der Waals surface area (Å²) in [7, 11) is 1.65. The number of rotatable bonds is 2. The summed E-state index contributed by atoms with van der Waals surface area (Å²) in [5.74, 6) is 1.42. The van der Waals surface area contributed by atoms with Crippen LogP contribution in [0.1, 0.15) is 0 Å². The summed E-state index contributed by atoms with van der Waals surface area (Å²) >= 11 is 0. The minimum atomic E-state index is 0.582. The Bertz CT molecular complexity index is 362. The number of ether oxygens (including phenoxy) is 1. The van der Waals surface area contributed by atoms with Gasteiger partial charge in [0.25, 0.3) is 0 Å². The Morgan fingerprint density at radius 2 is 2.36 bits per heavy atom. The predicted molar refractivity (Wildman–Crippen MR) is 56.8 cm³/mol. The van der Waals surface area contributed by atoms with Gasteiger partial charge in [-0.1, -0.05) is 6.07 Å². The molecule has 1 aliphatic rings. The Morgan fingerprint density at radius 1 is 1.50 bits per heavy atom. The van der Waals surface area contributed by atoms with Gasteiger partial charge in [0.2, 0.25) is 0 Å². The van der Waals surface area contributed by atoms with Gasteiger partial charge >= 0.3 is 0 Å². The summed E-state index contributed by atoms with van der Waals surface area (Å²) < 4.78 is 5.14. The topological polar surface area (TPSA) is 50.8 Å². The number of methoxy groups -OCH3 is 1. The first-order valence-electron chi connectivity index (χ1n) is 4.53. The molecule has 2 rings (SSSR count). The van der Waals surface area contributed by atoms with Crippen LogP contribution in [0.3, 0.4) is 0 Å². The van der Waals surface area contributed by atoms with Gasteiger partial charge in [-0.25, -0.2) is 0 Å². The highest BCUT2D eigenvalue weighted by atomic mass is 16.5. The highest BCUT2D eigenvalue weighted by Gasteiger charge is 2.15. The Morgan fingerprint density at radius 3 is 3.00 bits per heavy atom. The van der Waals surface area contributed by atoms with Gasteiger partial charge in [0.05, 0.1) is 13.7 Å². The van der Waals surface area contributed by atoms with Crippen molar-refractivity contribution in [1.29, 1.82) is 0 Å². The maximum atomic E-state index is 5.74. The van der Waals surface area contributed by atoms with Crippen molar-refractivity contribution in [2.45, 2.75) is 0 Å². The second kappa shape index (κ2) is 3.57. The molecule has 0 spiro atoms. The fraction of sp³-hybridized carbons (Fsp3) is 0.300. The Kier molecular flexibility index (Phi) is 2.26. The van der Waals surface area contributed by atoms with E-state index in [0.29, 0.717) is 5.96 Å². The molecule has 1 aromatic carbocycles. The van der Waals surface area contributed by atoms with Crippen LogP contribution in [0.5, 0.6) is 5.75 Å². The number of hydrogen-bond donors (Lipinski definition) is 1. The largest absolute Gasteiger partial charge is 0.497 e. The van der Waals surface area contributed by atoms with Gasteiger partial charge in [-0.15, -0.1) is 0 Å². The molecule has 1 heterocycles. The van der Waals surface area contributed by atoms with E-state index in [2.05, 4.69) is 4.99 Å². The van der Waals surface area contributed by atoms with Crippen molar-refractivity contribution in [1.82, 2.24) is 0 Å². The monoisotopic (exact) mass is 191 g/mol. The molecular formula is C10H13N3O. The molecule has 0 amide bonds. The third kappa shape index (κ3) is 1.51. The molecule has 4 heteroatoms. The van der Waals surface area contributed by atoms with Gasteiger partial charge < -0.3 is 15.4 Å². The predicted octanol–water partition coefficient (Wildman–Crippen LogP) is 0.830. The second-order valence-corrected chi connectivity index (χ2v) is 3.09. The quantitative estimate of drug-likeness (QED) is 0.753. The zero-order chi connectivity index (χ0) is 9.97. The molecule has 4 nitrogen and oxygen atoms in total. The average molecular weight is 191 g/mol. The highest BCUT2D eigenvalue weighted by molar-refractivity contribution is 5.96. The van der Waals surface area contributed by atoms with Gasteiger partial charge in [0.15, 0.2) is 5.96 Å². The van der Waals surface area contributed by atoms with E-state index in [-0.39, 0.29) is 0 Å². The summed E-state index contributed by atoms with van der Waals surface area (Å²) in [4.78, 5) is 6.10. The Hall–Kier alpha value is -1.71. The molecule has 0 saturated heterocycles. The van der Waals surface area contributed by atoms with E-state index < -0.39 is 0 Å². The number of benzene rings is 1. The summed E-state index contributed by atoms with van der Waals surface area (Å²) in [6, 6.07) is 7.80. The van der Waals surface area contributed by atoms with Gasteiger partial charge in [-0.3, -0.25) is 4.99 Å². The lowest BCUT2D eigenvalue weighted by molar-refractivity contribution is 0.415. The molecule has 0 aromatic heterocycles. The molecule has 14 heavy (non-hydrogen) atoms. The molecule has 0 radical (unpaired) electrons. The number of hydrogen-bond acceptors (Lipinski definition) is 4. The van der Waals surface area contributed by atoms with Crippen LogP contribution in [0, 0.1) is 0 Å². The fourth-order valence-corrected chi connectivity index (χ4v) is 1.50. The second-order valence-electron chi connectivity index (χ2n) is 3.09. The first-order valence-corrected chi connectivity index (χ1v) is 4.53. The number of aliphatic imine (C=N–C) groups is 1. The van der Waals surface area contributed by atoms with Crippen molar-refractivity contribution in [3.8, 4) is 5.75 Å². The molecule has 0 saturated carbocycles. The van der Waals surface area contributed by atoms with Crippen molar-refractivity contribution in [2.75, 3.05) is 25.1 Å². The van der Waals surface area contributed by atoms with E-state index in [1.54, 1.807) is 7.11 Å². The molecule has 1 aliphatic heterocycles. The summed E-state index contributed by atoms with van der Waals surface area (Å²) in [5, 5.41) is 0. The number of nitrogens with zero attached hydrogens (tertiary/aromatic N) is 2. The van der Waals surface area contributed by atoms with Crippen LogP contribution < -0.4 is 15.4 Å². The van der Waals surface area contributed by atoms with Crippen LogP contribution in [0.2, 0.25) is 0 Å². The fourth-order valence-electron chi connectivity index (χ4n) is 1.50. The number of anilines is 1. The molecule has 1 aromatic rings. The molecule has 74 valence electrons. The third-order valence-corrected chi connectivity index (χ3v) is 2.24. The van der Waals surface area contributed by atoms with Gasteiger partial charge in [0.1, 0.15) is 5.75 Å². The first kappa shape index (κ1) is 8.87. The van der Waals surface area contributed by atoms with Gasteiger partial charge in [-0.2, -0.15) is 0 Å². The number of nitrogens with two attached hydrogens (primary N) is 1. The molecule has 0 fully saturated rings.